The molecule has 30 heavy (non-hydrogen) atoms. The normalized spacial score (nSPS) is 11.0. The van der Waals surface area contributed by atoms with Crippen LogP contribution in [0.4, 0.5) is 10.8 Å². The quantitative estimate of drug-likeness (QED) is 0.293. The Morgan fingerprint density at radius 1 is 1.27 bits per heavy atom. The summed E-state index contributed by atoms with van der Waals surface area (Å²) >= 11 is 1.33. The summed E-state index contributed by atoms with van der Waals surface area (Å²) in [6.07, 6.45) is 5.00. The molecular weight excluding hydrogens is 402 g/mol. The van der Waals surface area contributed by atoms with Crippen molar-refractivity contribution in [3.05, 3.63) is 80.8 Å². The van der Waals surface area contributed by atoms with Crippen molar-refractivity contribution in [3.8, 4) is 5.75 Å². The number of benzene rings is 2. The number of anilines is 1. The van der Waals surface area contributed by atoms with E-state index >= 15 is 0 Å². The van der Waals surface area contributed by atoms with E-state index in [1.807, 2.05) is 13.8 Å². The number of thiazole rings is 1. The van der Waals surface area contributed by atoms with Crippen LogP contribution < -0.4 is 10.1 Å². The number of hydrogen-bond donors (Lipinski definition) is 1. The monoisotopic (exact) mass is 423 g/mol. The first-order valence-electron chi connectivity index (χ1n) is 9.32. The topological polar surface area (TPSA) is 94.4 Å². The molecule has 1 heterocycles. The fourth-order valence-corrected chi connectivity index (χ4v) is 3.15. The lowest BCUT2D eigenvalue weighted by molar-refractivity contribution is -0.385. The Morgan fingerprint density at radius 3 is 2.77 bits per heavy atom. The summed E-state index contributed by atoms with van der Waals surface area (Å²) in [6, 6.07) is 11.7. The van der Waals surface area contributed by atoms with Crippen LogP contribution in [-0.4, -0.2) is 22.4 Å². The molecule has 0 spiro atoms. The highest BCUT2D eigenvalue weighted by Gasteiger charge is 2.12. The summed E-state index contributed by atoms with van der Waals surface area (Å²) in [7, 11) is 0. The number of rotatable bonds is 8. The van der Waals surface area contributed by atoms with E-state index in [0.29, 0.717) is 40.1 Å². The third-order valence-corrected chi connectivity index (χ3v) is 4.70. The molecule has 7 nitrogen and oxygen atoms in total. The van der Waals surface area contributed by atoms with E-state index in [-0.39, 0.29) is 11.6 Å². The number of carbonyl (C=O) groups is 1. The van der Waals surface area contributed by atoms with Gasteiger partial charge in [-0.1, -0.05) is 32.1 Å². The van der Waals surface area contributed by atoms with Gasteiger partial charge in [0.15, 0.2) is 5.13 Å². The van der Waals surface area contributed by atoms with Gasteiger partial charge >= 0.3 is 0 Å². The van der Waals surface area contributed by atoms with Crippen molar-refractivity contribution < 1.29 is 14.5 Å². The maximum atomic E-state index is 12.7. The highest BCUT2D eigenvalue weighted by Crippen LogP contribution is 2.24. The second-order valence-corrected chi connectivity index (χ2v) is 7.83. The lowest BCUT2D eigenvalue weighted by Crippen LogP contribution is -2.12. The maximum Gasteiger partial charge on any atom is 0.276 e. The van der Waals surface area contributed by atoms with Gasteiger partial charge < -0.3 is 4.74 Å². The third-order valence-electron chi connectivity index (χ3n) is 4.02. The number of nitro groups is 1. The van der Waals surface area contributed by atoms with Crippen molar-refractivity contribution >= 4 is 40.2 Å². The summed E-state index contributed by atoms with van der Waals surface area (Å²) in [5.41, 5.74) is 1.60. The lowest BCUT2D eigenvalue weighted by atomic mass is 10.1. The molecule has 0 saturated carbocycles. The average Bonchev–Trinajstić information content (AvgIpc) is 3.23. The van der Waals surface area contributed by atoms with Crippen LogP contribution in [0.5, 0.6) is 5.75 Å². The molecule has 0 unspecified atom stereocenters. The van der Waals surface area contributed by atoms with Crippen molar-refractivity contribution in [2.75, 3.05) is 11.9 Å². The van der Waals surface area contributed by atoms with E-state index in [9.17, 15) is 14.9 Å². The Bertz CT molecular complexity index is 1060. The fourth-order valence-electron chi connectivity index (χ4n) is 2.63. The number of nitrogens with one attached hydrogen (secondary N) is 1. The van der Waals surface area contributed by atoms with E-state index in [2.05, 4.69) is 10.3 Å². The van der Waals surface area contributed by atoms with Gasteiger partial charge in [0.25, 0.3) is 11.6 Å². The summed E-state index contributed by atoms with van der Waals surface area (Å²) in [6.45, 7) is 4.58. The Balaban J connectivity index is 1.91. The van der Waals surface area contributed by atoms with Gasteiger partial charge in [0, 0.05) is 23.2 Å². The van der Waals surface area contributed by atoms with Gasteiger partial charge in [-0.25, -0.2) is 4.98 Å². The number of aromatic nitrogens is 1. The number of hydrogen-bond acceptors (Lipinski definition) is 6. The smallest absolute Gasteiger partial charge is 0.276 e. The minimum Gasteiger partial charge on any atom is -0.493 e. The van der Waals surface area contributed by atoms with Crippen molar-refractivity contribution in [2.45, 2.75) is 13.8 Å². The molecular formula is C22H21N3O4S. The zero-order valence-corrected chi connectivity index (χ0v) is 17.4. The molecule has 0 bridgehead atoms. The number of nitro benzene ring substituents is 1. The molecule has 0 atom stereocenters. The molecule has 0 saturated heterocycles. The summed E-state index contributed by atoms with van der Waals surface area (Å²) in [5.74, 6) is 0.571. The average molecular weight is 423 g/mol. The molecule has 3 rings (SSSR count). The SMILES string of the molecule is CC(C)COc1cc(/C=C/c2ccccc2[N+](=O)[O-])cc(C(=O)Nc2nccs2)c1. The van der Waals surface area contributed by atoms with Crippen LogP contribution in [0, 0.1) is 16.0 Å². The van der Waals surface area contributed by atoms with Gasteiger partial charge in [-0.3, -0.25) is 20.2 Å². The van der Waals surface area contributed by atoms with E-state index in [4.69, 9.17) is 4.74 Å². The van der Waals surface area contributed by atoms with E-state index in [1.54, 1.807) is 60.1 Å². The molecule has 0 fully saturated rings. The third kappa shape index (κ3) is 5.74. The Morgan fingerprint density at radius 2 is 2.07 bits per heavy atom. The van der Waals surface area contributed by atoms with Crippen LogP contribution in [0.15, 0.2) is 54.0 Å². The zero-order valence-electron chi connectivity index (χ0n) is 16.6. The van der Waals surface area contributed by atoms with Crippen LogP contribution >= 0.6 is 11.3 Å². The Labute approximate surface area is 178 Å². The standard InChI is InChI=1S/C22H21N3O4S/c1-15(2)14-29-19-12-16(7-8-17-5-3-4-6-20(17)25(27)28)11-18(13-19)21(26)24-22-23-9-10-30-22/h3-13,15H,14H2,1-2H3,(H,23,24,26)/b8-7+. The molecule has 8 heteroatoms. The van der Waals surface area contributed by atoms with Gasteiger partial charge in [-0.2, -0.15) is 0 Å². The Hall–Kier alpha value is -3.52. The molecule has 1 amide bonds. The molecule has 0 aliphatic heterocycles. The van der Waals surface area contributed by atoms with Gasteiger partial charge in [0.1, 0.15) is 5.75 Å². The summed E-state index contributed by atoms with van der Waals surface area (Å²) in [5, 5.41) is 16.3. The predicted molar refractivity (Wildman–Crippen MR) is 119 cm³/mol. The molecule has 0 aliphatic carbocycles. The number of ether oxygens (including phenoxy) is 1. The van der Waals surface area contributed by atoms with E-state index in [1.165, 1.54) is 17.4 Å². The number of nitrogens with zero attached hydrogens (tertiary/aromatic N) is 2. The van der Waals surface area contributed by atoms with Crippen molar-refractivity contribution in [1.29, 1.82) is 0 Å². The first-order valence-corrected chi connectivity index (χ1v) is 10.2. The van der Waals surface area contributed by atoms with Crippen molar-refractivity contribution in [1.82, 2.24) is 4.98 Å². The molecule has 0 aliphatic rings. The van der Waals surface area contributed by atoms with Crippen LogP contribution in [0.25, 0.3) is 12.2 Å². The number of amides is 1. The zero-order chi connectivity index (χ0) is 21.5. The number of carbonyl (C=O) groups excluding carboxylic acids is 1. The lowest BCUT2D eigenvalue weighted by Gasteiger charge is -2.11. The predicted octanol–water partition coefficient (Wildman–Crippen LogP) is 5.51. The maximum absolute atomic E-state index is 12.7. The largest absolute Gasteiger partial charge is 0.493 e. The highest BCUT2D eigenvalue weighted by molar-refractivity contribution is 7.13. The van der Waals surface area contributed by atoms with Crippen molar-refractivity contribution in [2.24, 2.45) is 5.92 Å². The van der Waals surface area contributed by atoms with Crippen LogP contribution in [0.1, 0.15) is 35.3 Å². The second kappa shape index (κ2) is 9.80. The summed E-state index contributed by atoms with van der Waals surface area (Å²) in [4.78, 5) is 27.5. The van der Waals surface area contributed by atoms with Crippen LogP contribution in [0.2, 0.25) is 0 Å². The molecule has 1 N–H and O–H groups in total. The minimum absolute atomic E-state index is 0.0164. The first-order chi connectivity index (χ1) is 14.4. The highest BCUT2D eigenvalue weighted by atomic mass is 32.1. The Kier molecular flexibility index (Phi) is 6.92. The van der Waals surface area contributed by atoms with Crippen LogP contribution in [0.3, 0.4) is 0 Å². The van der Waals surface area contributed by atoms with Gasteiger partial charge in [0.05, 0.1) is 17.1 Å². The van der Waals surface area contributed by atoms with Crippen molar-refractivity contribution in [3.63, 3.8) is 0 Å². The van der Waals surface area contributed by atoms with Crippen LogP contribution in [-0.2, 0) is 0 Å². The molecule has 3 aromatic rings. The molecule has 1 aromatic heterocycles. The van der Waals surface area contributed by atoms with Gasteiger partial charge in [0.2, 0.25) is 0 Å². The van der Waals surface area contributed by atoms with Gasteiger partial charge in [-0.05, 0) is 41.8 Å². The summed E-state index contributed by atoms with van der Waals surface area (Å²) < 4.78 is 5.81. The fraction of sp³-hybridized carbons (Fsp3) is 0.182. The number of para-hydroxylation sites is 1. The first kappa shape index (κ1) is 21.2. The minimum atomic E-state index is -0.422. The van der Waals surface area contributed by atoms with E-state index < -0.39 is 4.92 Å². The molecule has 0 radical (unpaired) electrons. The second-order valence-electron chi connectivity index (χ2n) is 6.94. The van der Waals surface area contributed by atoms with Gasteiger partial charge in [-0.15, -0.1) is 11.3 Å². The van der Waals surface area contributed by atoms with E-state index in [0.717, 1.165) is 0 Å². The molecule has 2 aromatic carbocycles. The molecule has 154 valence electrons.